The molecule has 1 unspecified atom stereocenters. The molecule has 0 saturated carbocycles. The summed E-state index contributed by atoms with van der Waals surface area (Å²) in [5.74, 6) is -0.349. The van der Waals surface area contributed by atoms with Crippen molar-refractivity contribution in [2.75, 3.05) is 18.2 Å². The van der Waals surface area contributed by atoms with Crippen LogP contribution in [0.25, 0.3) is 0 Å². The zero-order valence-corrected chi connectivity index (χ0v) is 18.7. The number of ketones is 1. The molecule has 12 heteroatoms. The number of alkyl halides is 3. The van der Waals surface area contributed by atoms with E-state index in [0.717, 1.165) is 28.3 Å². The van der Waals surface area contributed by atoms with E-state index < -0.39 is 33.8 Å². The van der Waals surface area contributed by atoms with E-state index in [1.807, 2.05) is 6.07 Å². The minimum absolute atomic E-state index is 0.0144. The van der Waals surface area contributed by atoms with Gasteiger partial charge in [0, 0.05) is 37.2 Å². The van der Waals surface area contributed by atoms with E-state index in [4.69, 9.17) is 0 Å². The number of halogens is 3. The van der Waals surface area contributed by atoms with E-state index in [1.165, 1.54) is 31.3 Å². The zero-order chi connectivity index (χ0) is 25.0. The number of anilines is 1. The Labute approximate surface area is 192 Å². The Morgan fingerprint density at radius 2 is 1.85 bits per heavy atom. The smallest absolute Gasteiger partial charge is 0.316 e. The van der Waals surface area contributed by atoms with Crippen LogP contribution < -0.4 is 4.90 Å². The van der Waals surface area contributed by atoms with Gasteiger partial charge in [-0.05, 0) is 36.2 Å². The van der Waals surface area contributed by atoms with Gasteiger partial charge in [0.1, 0.15) is 5.69 Å². The molecule has 176 valence electrons. The third-order valence-corrected chi connectivity index (χ3v) is 6.91. The summed E-state index contributed by atoms with van der Waals surface area (Å²) < 4.78 is 64.7. The molecule has 1 atom stereocenters. The van der Waals surface area contributed by atoms with Crippen LogP contribution in [0.1, 0.15) is 35.7 Å². The number of pyridine rings is 1. The van der Waals surface area contributed by atoms with Crippen molar-refractivity contribution in [2.24, 2.45) is 0 Å². The van der Waals surface area contributed by atoms with E-state index in [1.54, 1.807) is 0 Å². The Hall–Kier alpha value is -3.72. The van der Waals surface area contributed by atoms with Gasteiger partial charge in [-0.1, -0.05) is 6.07 Å². The minimum atomic E-state index is -4.74. The molecule has 2 heterocycles. The van der Waals surface area contributed by atoms with Crippen LogP contribution in [0, 0.1) is 11.3 Å². The molecule has 8 nitrogen and oxygen atoms in total. The number of urea groups is 1. The number of nitrogens with zero attached hydrogens (tertiary/aromatic N) is 4. The topological polar surface area (TPSA) is 111 Å². The fourth-order valence-corrected chi connectivity index (χ4v) is 5.23. The number of aromatic nitrogens is 1. The summed E-state index contributed by atoms with van der Waals surface area (Å²) in [7, 11) is -2.52. The van der Waals surface area contributed by atoms with Gasteiger partial charge in [-0.25, -0.2) is 13.2 Å². The van der Waals surface area contributed by atoms with Crippen LogP contribution in [0.2, 0.25) is 0 Å². The van der Waals surface area contributed by atoms with Crippen molar-refractivity contribution in [3.05, 3.63) is 64.6 Å². The Morgan fingerprint density at radius 1 is 1.15 bits per heavy atom. The van der Waals surface area contributed by atoms with E-state index in [9.17, 15) is 36.4 Å². The van der Waals surface area contributed by atoms with Crippen molar-refractivity contribution in [3.8, 4) is 6.07 Å². The molecule has 0 fully saturated rings. The molecule has 1 aliphatic carbocycles. The maximum Gasteiger partial charge on any atom is 0.433 e. The molecule has 0 N–H and O–H groups in total. The Kier molecular flexibility index (Phi) is 5.48. The molecule has 1 aliphatic heterocycles. The molecule has 0 saturated heterocycles. The molecular weight excluding hydrogens is 473 g/mol. The summed E-state index contributed by atoms with van der Waals surface area (Å²) in [6.45, 7) is 0. The molecule has 2 aromatic rings. The average Bonchev–Trinajstić information content (AvgIpc) is 3.14. The quantitative estimate of drug-likeness (QED) is 0.650. The molecule has 34 heavy (non-hydrogen) atoms. The molecule has 4 rings (SSSR count). The van der Waals surface area contributed by atoms with Gasteiger partial charge in [-0.2, -0.15) is 18.4 Å². The number of hydrogen-bond acceptors (Lipinski definition) is 6. The van der Waals surface area contributed by atoms with Crippen molar-refractivity contribution < 1.29 is 31.2 Å². The number of benzene rings is 1. The second kappa shape index (κ2) is 7.95. The summed E-state index contributed by atoms with van der Waals surface area (Å²) in [5, 5.41) is 9.19. The van der Waals surface area contributed by atoms with Crippen molar-refractivity contribution in [1.82, 2.24) is 9.88 Å². The zero-order valence-electron chi connectivity index (χ0n) is 17.9. The number of sulfone groups is 1. The fourth-order valence-electron chi connectivity index (χ4n) is 4.28. The molecule has 0 bridgehead atoms. The maximum atomic E-state index is 13.4. The van der Waals surface area contributed by atoms with Crippen LogP contribution in [-0.4, -0.2) is 43.4 Å². The van der Waals surface area contributed by atoms with Crippen LogP contribution in [0.3, 0.4) is 0 Å². The number of rotatable bonds is 3. The Bertz CT molecular complexity index is 1410. The highest BCUT2D eigenvalue weighted by molar-refractivity contribution is 7.90. The monoisotopic (exact) mass is 490 g/mol. The van der Waals surface area contributed by atoms with Gasteiger partial charge in [-0.15, -0.1) is 0 Å². The molecule has 2 aliphatic rings. The third kappa shape index (κ3) is 3.81. The lowest BCUT2D eigenvalue weighted by molar-refractivity contribution is -0.141. The second-order valence-corrected chi connectivity index (χ2v) is 9.93. The predicted octanol–water partition coefficient (Wildman–Crippen LogP) is 3.61. The van der Waals surface area contributed by atoms with E-state index >= 15 is 0 Å². The summed E-state index contributed by atoms with van der Waals surface area (Å²) in [6, 6.07) is 5.93. The molecule has 1 aromatic carbocycles. The molecular formula is C22H17F3N4O4S. The summed E-state index contributed by atoms with van der Waals surface area (Å²) >= 11 is 0. The average molecular weight is 490 g/mol. The number of amides is 2. The summed E-state index contributed by atoms with van der Waals surface area (Å²) in [6.07, 6.45) is -2.75. The lowest BCUT2D eigenvalue weighted by Crippen LogP contribution is -2.48. The lowest BCUT2D eigenvalue weighted by Gasteiger charge is -2.40. The van der Waals surface area contributed by atoms with E-state index in [2.05, 4.69) is 4.98 Å². The molecule has 1 aromatic heterocycles. The Balaban J connectivity index is 1.94. The first-order chi connectivity index (χ1) is 15.8. The molecule has 0 spiro atoms. The lowest BCUT2D eigenvalue weighted by atomic mass is 9.92. The second-order valence-electron chi connectivity index (χ2n) is 7.95. The largest absolute Gasteiger partial charge is 0.433 e. The number of Topliss-reactive ketones (excluding diaryl/α,β-unsaturated/α-hetero) is 1. The van der Waals surface area contributed by atoms with Crippen LogP contribution in [0.15, 0.2) is 52.7 Å². The molecule has 0 radical (unpaired) electrons. The van der Waals surface area contributed by atoms with Crippen molar-refractivity contribution in [1.29, 1.82) is 5.26 Å². The Morgan fingerprint density at radius 3 is 2.47 bits per heavy atom. The first-order valence-electron chi connectivity index (χ1n) is 9.95. The first kappa shape index (κ1) is 23.4. The van der Waals surface area contributed by atoms with Gasteiger partial charge < -0.3 is 4.90 Å². The van der Waals surface area contributed by atoms with Crippen LogP contribution in [0.5, 0.6) is 0 Å². The van der Waals surface area contributed by atoms with Gasteiger partial charge >= 0.3 is 12.2 Å². The van der Waals surface area contributed by atoms with Crippen LogP contribution in [0.4, 0.5) is 23.7 Å². The minimum Gasteiger partial charge on any atom is -0.316 e. The fraction of sp³-hybridized carbons (Fsp3) is 0.273. The van der Waals surface area contributed by atoms with Gasteiger partial charge in [-0.3, -0.25) is 14.7 Å². The van der Waals surface area contributed by atoms with Crippen molar-refractivity contribution >= 4 is 27.3 Å². The van der Waals surface area contributed by atoms with Crippen molar-refractivity contribution in [2.45, 2.75) is 30.0 Å². The highest BCUT2D eigenvalue weighted by atomic mass is 32.2. The number of nitriles is 1. The van der Waals surface area contributed by atoms with E-state index in [0.29, 0.717) is 0 Å². The molecule has 2 amide bonds. The predicted molar refractivity (Wildman–Crippen MR) is 113 cm³/mol. The van der Waals surface area contributed by atoms with Crippen LogP contribution in [-0.2, 0) is 20.8 Å². The summed E-state index contributed by atoms with van der Waals surface area (Å²) in [5.41, 5.74) is -0.753. The van der Waals surface area contributed by atoms with Gasteiger partial charge in [0.15, 0.2) is 15.6 Å². The number of carbonyl (C=O) groups is 2. The highest BCUT2D eigenvalue weighted by Crippen LogP contribution is 2.46. The van der Waals surface area contributed by atoms with Gasteiger partial charge in [0.05, 0.1) is 28.3 Å². The summed E-state index contributed by atoms with van der Waals surface area (Å²) in [4.78, 5) is 31.6. The first-order valence-corrected chi connectivity index (χ1v) is 11.8. The number of allylic oxidation sites excluding steroid dienone is 1. The maximum absolute atomic E-state index is 13.4. The van der Waals surface area contributed by atoms with Gasteiger partial charge in [0.25, 0.3) is 0 Å². The highest BCUT2D eigenvalue weighted by Gasteiger charge is 2.46. The standard InChI is InChI=1S/C22H17F3N4O4S/c1-28-20(14-4-3-12(11-26)9-17(14)34(2,32)33)19-15(5-6-16(19)30)29(21(28)31)13-7-8-27-18(10-13)22(23,24)25/h3-4,7-10,20H,5-6H2,1-2H3. The number of likely N-dealkylation sites (N-methyl/N-ethyl adjacent to an activating group) is 1. The number of hydrogen-bond donors (Lipinski definition) is 0. The number of carbonyl (C=O) groups excluding carboxylic acids is 2. The third-order valence-electron chi connectivity index (χ3n) is 5.75. The van der Waals surface area contributed by atoms with Crippen molar-refractivity contribution in [3.63, 3.8) is 0 Å². The SMILES string of the molecule is CN1C(=O)N(c2ccnc(C(F)(F)F)c2)C2=C(C(=O)CC2)C1c1ccc(C#N)cc1S(C)(=O)=O. The normalized spacial score (nSPS) is 18.9. The van der Waals surface area contributed by atoms with Gasteiger partial charge in [0.2, 0.25) is 0 Å². The van der Waals surface area contributed by atoms with Crippen LogP contribution >= 0.6 is 0 Å². The van der Waals surface area contributed by atoms with E-state index in [-0.39, 0.29) is 51.6 Å².